The number of nitrogens with zero attached hydrogens (tertiary/aromatic N) is 3. The normalized spacial score (nSPS) is 11.0. The number of hydrazone groups is 1. The number of halogens is 2. The smallest absolute Gasteiger partial charge is 0.277 e. The number of amides is 1. The summed E-state index contributed by atoms with van der Waals surface area (Å²) in [5.74, 6) is 1.18. The van der Waals surface area contributed by atoms with Crippen LogP contribution in [0.5, 0.6) is 11.5 Å². The van der Waals surface area contributed by atoms with Gasteiger partial charge in [-0.25, -0.2) is 5.43 Å². The Bertz CT molecular complexity index is 1380. The van der Waals surface area contributed by atoms with E-state index in [0.29, 0.717) is 22.4 Å². The van der Waals surface area contributed by atoms with Crippen LogP contribution in [0.3, 0.4) is 0 Å². The third-order valence-electron chi connectivity index (χ3n) is 4.79. The van der Waals surface area contributed by atoms with E-state index in [0.717, 1.165) is 28.6 Å². The molecule has 0 aliphatic rings. The largest absolute Gasteiger partial charge is 0.489 e. The van der Waals surface area contributed by atoms with E-state index in [1.807, 2.05) is 49.4 Å². The zero-order chi connectivity index (χ0) is 26.0. The van der Waals surface area contributed by atoms with Gasteiger partial charge in [-0.2, -0.15) is 5.10 Å². The highest BCUT2D eigenvalue weighted by Gasteiger charge is 2.11. The third kappa shape index (κ3) is 8.52. The minimum absolute atomic E-state index is 0.0289. The zero-order valence-corrected chi connectivity index (χ0v) is 22.0. The lowest BCUT2D eigenvalue weighted by molar-refractivity contribution is -0.118. The highest BCUT2D eigenvalue weighted by molar-refractivity contribution is 7.99. The summed E-state index contributed by atoms with van der Waals surface area (Å²) in [7, 11) is 0. The van der Waals surface area contributed by atoms with E-state index in [2.05, 4.69) is 26.8 Å². The van der Waals surface area contributed by atoms with Gasteiger partial charge in [-0.3, -0.25) is 4.79 Å². The van der Waals surface area contributed by atoms with E-state index in [4.69, 9.17) is 37.1 Å². The van der Waals surface area contributed by atoms with E-state index in [1.54, 1.807) is 24.4 Å². The van der Waals surface area contributed by atoms with Crippen molar-refractivity contribution in [1.29, 1.82) is 0 Å². The van der Waals surface area contributed by atoms with Gasteiger partial charge in [0.05, 0.1) is 17.0 Å². The summed E-state index contributed by atoms with van der Waals surface area (Å²) in [6.07, 6.45) is 1.55. The maximum atomic E-state index is 12.1. The molecule has 1 amide bonds. The Kier molecular flexibility index (Phi) is 9.42. The first-order valence-electron chi connectivity index (χ1n) is 11.1. The zero-order valence-electron chi connectivity index (χ0n) is 19.7. The van der Waals surface area contributed by atoms with Gasteiger partial charge < -0.3 is 13.9 Å². The first-order chi connectivity index (χ1) is 17.9. The molecular weight excluding hydrogens is 535 g/mol. The van der Waals surface area contributed by atoms with Gasteiger partial charge in [-0.05, 0) is 60.5 Å². The number of hydrogen-bond donors (Lipinski definition) is 1. The number of aryl methyl sites for hydroxylation is 1. The molecule has 0 saturated heterocycles. The maximum Gasteiger partial charge on any atom is 0.277 e. The van der Waals surface area contributed by atoms with Gasteiger partial charge in [0, 0.05) is 5.02 Å². The molecule has 1 aromatic heterocycles. The Balaban J connectivity index is 1.16. The molecule has 0 saturated carbocycles. The van der Waals surface area contributed by atoms with Crippen molar-refractivity contribution in [3.8, 4) is 11.5 Å². The van der Waals surface area contributed by atoms with Gasteiger partial charge in [-0.15, -0.1) is 10.2 Å². The van der Waals surface area contributed by atoms with Crippen molar-refractivity contribution in [1.82, 2.24) is 15.6 Å². The first kappa shape index (κ1) is 26.5. The van der Waals surface area contributed by atoms with Gasteiger partial charge in [0.1, 0.15) is 18.1 Å². The molecule has 4 aromatic rings. The Morgan fingerprint density at radius 1 is 1.05 bits per heavy atom. The maximum absolute atomic E-state index is 12.1. The third-order valence-corrected chi connectivity index (χ3v) is 6.14. The number of carbonyl (C=O) groups is 1. The van der Waals surface area contributed by atoms with Crippen LogP contribution in [0.15, 0.2) is 81.5 Å². The summed E-state index contributed by atoms with van der Waals surface area (Å²) in [4.78, 5) is 12.1. The molecule has 0 aliphatic heterocycles. The molecule has 1 heterocycles. The molecule has 8 nitrogen and oxygen atoms in total. The first-order valence-corrected chi connectivity index (χ1v) is 12.8. The minimum atomic E-state index is -0.316. The average Bonchev–Trinajstić information content (AvgIpc) is 3.34. The Morgan fingerprint density at radius 3 is 2.68 bits per heavy atom. The number of aromatic nitrogens is 2. The van der Waals surface area contributed by atoms with Crippen molar-refractivity contribution in [3.63, 3.8) is 0 Å². The number of hydrogen-bond acceptors (Lipinski definition) is 8. The van der Waals surface area contributed by atoms with Crippen LogP contribution in [0, 0.1) is 6.92 Å². The Morgan fingerprint density at radius 2 is 1.89 bits per heavy atom. The van der Waals surface area contributed by atoms with Crippen molar-refractivity contribution in [2.75, 3.05) is 5.75 Å². The summed E-state index contributed by atoms with van der Waals surface area (Å²) < 4.78 is 16.8. The molecule has 0 aliphatic carbocycles. The van der Waals surface area contributed by atoms with Crippen LogP contribution < -0.4 is 14.9 Å². The van der Waals surface area contributed by atoms with E-state index in [9.17, 15) is 4.79 Å². The number of rotatable bonds is 11. The van der Waals surface area contributed by atoms with Crippen LogP contribution in [0.1, 0.15) is 22.6 Å². The summed E-state index contributed by atoms with van der Waals surface area (Å²) in [5, 5.41) is 12.9. The predicted molar refractivity (Wildman–Crippen MR) is 144 cm³/mol. The molecule has 4 rings (SSSR count). The fourth-order valence-electron chi connectivity index (χ4n) is 3.04. The van der Waals surface area contributed by atoms with Gasteiger partial charge in [0.15, 0.2) is 6.61 Å². The molecular formula is C26H22Cl2N4O4S. The Hall–Kier alpha value is -3.53. The van der Waals surface area contributed by atoms with Crippen LogP contribution in [0.2, 0.25) is 10.0 Å². The van der Waals surface area contributed by atoms with Crippen molar-refractivity contribution in [2.24, 2.45) is 5.10 Å². The lowest BCUT2D eigenvalue weighted by Gasteiger charge is -2.07. The second kappa shape index (κ2) is 13.1. The molecule has 0 fully saturated rings. The van der Waals surface area contributed by atoms with E-state index in [1.165, 1.54) is 5.56 Å². The quantitative estimate of drug-likeness (QED) is 0.135. The van der Waals surface area contributed by atoms with Gasteiger partial charge >= 0.3 is 0 Å². The van der Waals surface area contributed by atoms with Crippen LogP contribution in [0.4, 0.5) is 0 Å². The van der Waals surface area contributed by atoms with Crippen molar-refractivity contribution >= 4 is 47.1 Å². The standard InChI is InChI=1S/C26H22Cl2N4O4S/c1-17-3-2-4-19(11-17)14-34-21-8-5-18(6-9-21)13-29-30-24(33)16-37-26-32-31-25(36-26)15-35-23-10-7-20(27)12-22(23)28/h2-13H,14-16H2,1H3,(H,30,33)/b29-13-. The van der Waals surface area contributed by atoms with Gasteiger partial charge in [0.2, 0.25) is 0 Å². The van der Waals surface area contributed by atoms with Crippen LogP contribution >= 0.6 is 35.0 Å². The molecule has 0 atom stereocenters. The van der Waals surface area contributed by atoms with Gasteiger partial charge in [0.25, 0.3) is 17.0 Å². The number of nitrogens with one attached hydrogen (secondary N) is 1. The average molecular weight is 557 g/mol. The molecule has 0 spiro atoms. The second-order valence-electron chi connectivity index (χ2n) is 7.75. The van der Waals surface area contributed by atoms with Crippen LogP contribution in [-0.2, 0) is 18.0 Å². The van der Waals surface area contributed by atoms with E-state index < -0.39 is 0 Å². The highest BCUT2D eigenvalue weighted by Crippen LogP contribution is 2.28. The number of benzene rings is 3. The summed E-state index contributed by atoms with van der Waals surface area (Å²) in [6.45, 7) is 2.57. The lowest BCUT2D eigenvalue weighted by atomic mass is 10.1. The highest BCUT2D eigenvalue weighted by atomic mass is 35.5. The predicted octanol–water partition coefficient (Wildman–Crippen LogP) is 6.09. The van der Waals surface area contributed by atoms with Gasteiger partial charge in [-0.1, -0.05) is 64.8 Å². The summed E-state index contributed by atoms with van der Waals surface area (Å²) in [5.41, 5.74) is 5.59. The van der Waals surface area contributed by atoms with Crippen LogP contribution in [-0.4, -0.2) is 28.1 Å². The molecule has 0 unspecified atom stereocenters. The molecule has 1 N–H and O–H groups in total. The monoisotopic (exact) mass is 556 g/mol. The fraction of sp³-hybridized carbons (Fsp3) is 0.154. The number of thioether (sulfide) groups is 1. The molecule has 3 aromatic carbocycles. The van der Waals surface area contributed by atoms with E-state index >= 15 is 0 Å². The van der Waals surface area contributed by atoms with Crippen molar-refractivity contribution in [2.45, 2.75) is 25.4 Å². The Labute approximate surface area is 228 Å². The molecule has 11 heteroatoms. The molecule has 190 valence electrons. The van der Waals surface area contributed by atoms with Crippen molar-refractivity contribution in [3.05, 3.63) is 99.4 Å². The lowest BCUT2D eigenvalue weighted by Crippen LogP contribution is -2.19. The molecule has 0 radical (unpaired) electrons. The molecule has 37 heavy (non-hydrogen) atoms. The number of ether oxygens (including phenoxy) is 2. The summed E-state index contributed by atoms with van der Waals surface area (Å²) >= 11 is 13.0. The summed E-state index contributed by atoms with van der Waals surface area (Å²) in [6, 6.07) is 20.5. The van der Waals surface area contributed by atoms with E-state index in [-0.39, 0.29) is 29.4 Å². The van der Waals surface area contributed by atoms with Crippen LogP contribution in [0.25, 0.3) is 0 Å². The minimum Gasteiger partial charge on any atom is -0.489 e. The topological polar surface area (TPSA) is 98.8 Å². The SMILES string of the molecule is Cc1cccc(COc2ccc(/C=N\NC(=O)CSc3nnc(COc4ccc(Cl)cc4Cl)o3)cc2)c1. The molecule has 0 bridgehead atoms. The fourth-order valence-corrected chi connectivity index (χ4v) is 4.08. The number of carbonyl (C=O) groups excluding carboxylic acids is 1. The second-order valence-corrected chi connectivity index (χ2v) is 9.52. The van der Waals surface area contributed by atoms with Crippen molar-refractivity contribution < 1.29 is 18.7 Å².